The normalized spacial score (nSPS) is 21.8. The molecule has 1 aromatic carbocycles. The number of nitrogens with zero attached hydrogens (tertiary/aromatic N) is 2. The summed E-state index contributed by atoms with van der Waals surface area (Å²) in [6.07, 6.45) is 3.65. The molecule has 4 amide bonds. The number of hydrogen-bond acceptors (Lipinski definition) is 7. The van der Waals surface area contributed by atoms with Gasteiger partial charge in [-0.3, -0.25) is 29.4 Å². The number of carbonyl (C=O) groups excluding carboxylic acids is 4. The van der Waals surface area contributed by atoms with Gasteiger partial charge in [0.2, 0.25) is 11.8 Å². The number of carbonyl (C=O) groups is 4. The van der Waals surface area contributed by atoms with Crippen molar-refractivity contribution in [2.75, 3.05) is 39.3 Å². The molecule has 0 spiro atoms. The average Bonchev–Trinajstić information content (AvgIpc) is 3.05. The smallest absolute Gasteiger partial charge is 0.262 e. The van der Waals surface area contributed by atoms with Crippen LogP contribution < -0.4 is 16.0 Å². The number of hydrogen-bond donors (Lipinski definition) is 3. The van der Waals surface area contributed by atoms with Crippen LogP contribution >= 0.6 is 0 Å². The third kappa shape index (κ3) is 4.90. The van der Waals surface area contributed by atoms with Crippen molar-refractivity contribution in [1.29, 1.82) is 0 Å². The maximum Gasteiger partial charge on any atom is 0.262 e. The number of piperidine rings is 1. The molecule has 3 N–H and O–H groups in total. The molecule has 9 nitrogen and oxygen atoms in total. The van der Waals surface area contributed by atoms with Crippen LogP contribution in [0.5, 0.6) is 0 Å². The number of imide groups is 2. The molecule has 1 unspecified atom stereocenters. The van der Waals surface area contributed by atoms with Gasteiger partial charge in [0.25, 0.3) is 11.8 Å². The molecule has 4 rings (SSSR count). The summed E-state index contributed by atoms with van der Waals surface area (Å²) in [5, 5.41) is 8.97. The van der Waals surface area contributed by atoms with Crippen LogP contribution in [0.4, 0.5) is 0 Å². The molecular weight excluding hydrogens is 410 g/mol. The average molecular weight is 442 g/mol. The second-order valence-corrected chi connectivity index (χ2v) is 8.62. The summed E-state index contributed by atoms with van der Waals surface area (Å²) in [6.45, 7) is 6.87. The summed E-state index contributed by atoms with van der Waals surface area (Å²) in [5.41, 5.74) is 1.46. The highest BCUT2D eigenvalue weighted by Crippen LogP contribution is 2.29. The Labute approximate surface area is 187 Å². The number of amides is 4. The van der Waals surface area contributed by atoms with Crippen LogP contribution in [0.1, 0.15) is 58.4 Å². The number of benzene rings is 1. The highest BCUT2D eigenvalue weighted by Gasteiger charge is 2.45. The van der Waals surface area contributed by atoms with E-state index in [1.54, 1.807) is 12.1 Å². The molecule has 3 aliphatic rings. The quantitative estimate of drug-likeness (QED) is 0.372. The number of piperazine rings is 1. The van der Waals surface area contributed by atoms with Crippen molar-refractivity contribution < 1.29 is 19.2 Å². The zero-order chi connectivity index (χ0) is 22.5. The van der Waals surface area contributed by atoms with Gasteiger partial charge in [-0.1, -0.05) is 18.6 Å². The van der Waals surface area contributed by atoms with E-state index in [1.165, 1.54) is 6.42 Å². The summed E-state index contributed by atoms with van der Waals surface area (Å²) in [4.78, 5) is 53.1. The van der Waals surface area contributed by atoms with Gasteiger partial charge in [-0.15, -0.1) is 0 Å². The van der Waals surface area contributed by atoms with Gasteiger partial charge in [-0.05, 0) is 44.0 Å². The Balaban J connectivity index is 1.28. The molecule has 0 aliphatic carbocycles. The van der Waals surface area contributed by atoms with Crippen molar-refractivity contribution >= 4 is 23.6 Å². The summed E-state index contributed by atoms with van der Waals surface area (Å²) >= 11 is 0. The molecule has 1 atom stereocenters. The monoisotopic (exact) mass is 441 g/mol. The summed E-state index contributed by atoms with van der Waals surface area (Å²) in [7, 11) is 0. The van der Waals surface area contributed by atoms with Crippen LogP contribution in [0.15, 0.2) is 18.2 Å². The molecule has 3 heterocycles. The summed E-state index contributed by atoms with van der Waals surface area (Å²) in [5.74, 6) is -1.88. The maximum absolute atomic E-state index is 13.1. The highest BCUT2D eigenvalue weighted by atomic mass is 16.2. The van der Waals surface area contributed by atoms with Gasteiger partial charge in [-0.2, -0.15) is 0 Å². The van der Waals surface area contributed by atoms with Gasteiger partial charge in [0, 0.05) is 39.1 Å². The third-order valence-electron chi connectivity index (χ3n) is 6.41. The van der Waals surface area contributed by atoms with E-state index in [0.717, 1.165) is 62.6 Å². The van der Waals surface area contributed by atoms with E-state index < -0.39 is 23.8 Å². The molecule has 2 fully saturated rings. The first-order valence-electron chi connectivity index (χ1n) is 11.5. The highest BCUT2D eigenvalue weighted by molar-refractivity contribution is 6.24. The molecule has 172 valence electrons. The van der Waals surface area contributed by atoms with Crippen molar-refractivity contribution in [3.8, 4) is 0 Å². The fourth-order valence-corrected chi connectivity index (χ4v) is 4.65. The minimum Gasteiger partial charge on any atom is -0.314 e. The Hall–Kier alpha value is -2.62. The van der Waals surface area contributed by atoms with E-state index in [0.29, 0.717) is 17.7 Å². The Morgan fingerprint density at radius 2 is 1.81 bits per heavy atom. The van der Waals surface area contributed by atoms with Crippen LogP contribution in [-0.2, 0) is 16.1 Å². The standard InChI is InChI=1S/C23H31N5O4/c29-19-8-7-18(21(30)26-19)28-22(31)17-6-4-5-16(20(17)23(28)32)15-25-9-2-1-3-12-27-13-10-24-11-14-27/h4-6,18,24-25H,1-3,7-15H2,(H,26,29,30). The van der Waals surface area contributed by atoms with E-state index >= 15 is 0 Å². The Morgan fingerprint density at radius 3 is 2.59 bits per heavy atom. The SMILES string of the molecule is O=C1CCC(N2C(=O)c3cccc(CNCCCCCN4CCNCC4)c3C2=O)C(=O)N1. The maximum atomic E-state index is 13.1. The largest absolute Gasteiger partial charge is 0.314 e. The van der Waals surface area contributed by atoms with Crippen LogP contribution in [0, 0.1) is 0 Å². The van der Waals surface area contributed by atoms with E-state index in [9.17, 15) is 19.2 Å². The number of rotatable bonds is 9. The first kappa shape index (κ1) is 22.6. The minimum absolute atomic E-state index is 0.118. The molecule has 0 saturated carbocycles. The van der Waals surface area contributed by atoms with Crippen molar-refractivity contribution in [3.05, 3.63) is 34.9 Å². The first-order valence-corrected chi connectivity index (χ1v) is 11.5. The third-order valence-corrected chi connectivity index (χ3v) is 6.41. The lowest BCUT2D eigenvalue weighted by atomic mass is 10.0. The Bertz CT molecular complexity index is 896. The zero-order valence-corrected chi connectivity index (χ0v) is 18.3. The molecule has 1 aromatic rings. The molecule has 3 aliphatic heterocycles. The van der Waals surface area contributed by atoms with Crippen molar-refractivity contribution in [2.45, 2.75) is 44.7 Å². The topological polar surface area (TPSA) is 111 Å². The van der Waals surface area contributed by atoms with Crippen LogP contribution in [0.3, 0.4) is 0 Å². The number of unbranched alkanes of at least 4 members (excludes halogenated alkanes) is 2. The fraction of sp³-hybridized carbons (Fsp3) is 0.565. The fourth-order valence-electron chi connectivity index (χ4n) is 4.65. The van der Waals surface area contributed by atoms with Crippen LogP contribution in [0.2, 0.25) is 0 Å². The van der Waals surface area contributed by atoms with Gasteiger partial charge in [-0.25, -0.2) is 0 Å². The molecule has 9 heteroatoms. The van der Waals surface area contributed by atoms with Crippen molar-refractivity contribution in [1.82, 2.24) is 25.8 Å². The molecule has 2 saturated heterocycles. The van der Waals surface area contributed by atoms with E-state index in [4.69, 9.17) is 0 Å². The summed E-state index contributed by atoms with van der Waals surface area (Å²) < 4.78 is 0. The van der Waals surface area contributed by atoms with Crippen molar-refractivity contribution in [3.63, 3.8) is 0 Å². The van der Waals surface area contributed by atoms with Gasteiger partial charge in [0.15, 0.2) is 0 Å². The van der Waals surface area contributed by atoms with Crippen molar-refractivity contribution in [2.24, 2.45) is 0 Å². The number of nitrogens with one attached hydrogen (secondary N) is 3. The molecule has 0 aromatic heterocycles. The molecule has 32 heavy (non-hydrogen) atoms. The summed E-state index contributed by atoms with van der Waals surface area (Å²) in [6, 6.07) is 4.30. The van der Waals surface area contributed by atoms with Gasteiger partial charge >= 0.3 is 0 Å². The Morgan fingerprint density at radius 1 is 1.00 bits per heavy atom. The van der Waals surface area contributed by atoms with E-state index in [1.807, 2.05) is 6.07 Å². The van der Waals surface area contributed by atoms with Gasteiger partial charge in [0.1, 0.15) is 6.04 Å². The predicted octanol–water partition coefficient (Wildman–Crippen LogP) is 0.253. The van der Waals surface area contributed by atoms with E-state index in [-0.39, 0.29) is 18.7 Å². The Kier molecular flexibility index (Phi) is 7.29. The predicted molar refractivity (Wildman–Crippen MR) is 118 cm³/mol. The molecule has 0 bridgehead atoms. The molecule has 0 radical (unpaired) electrons. The van der Waals surface area contributed by atoms with Crippen LogP contribution in [0.25, 0.3) is 0 Å². The minimum atomic E-state index is -0.934. The lowest BCUT2D eigenvalue weighted by Gasteiger charge is -2.27. The van der Waals surface area contributed by atoms with Gasteiger partial charge < -0.3 is 15.5 Å². The molecular formula is C23H31N5O4. The second kappa shape index (κ2) is 10.3. The lowest BCUT2D eigenvalue weighted by molar-refractivity contribution is -0.136. The zero-order valence-electron chi connectivity index (χ0n) is 18.3. The van der Waals surface area contributed by atoms with Gasteiger partial charge in [0.05, 0.1) is 11.1 Å². The second-order valence-electron chi connectivity index (χ2n) is 8.62. The number of fused-ring (bicyclic) bond motifs is 1. The van der Waals surface area contributed by atoms with E-state index in [2.05, 4.69) is 20.9 Å². The van der Waals surface area contributed by atoms with Crippen LogP contribution in [-0.4, -0.2) is 78.7 Å². The lowest BCUT2D eigenvalue weighted by Crippen LogP contribution is -2.54. The first-order chi connectivity index (χ1) is 15.6.